The molecule has 0 rings (SSSR count). The Labute approximate surface area is 124 Å². The Morgan fingerprint density at radius 1 is 1.20 bits per heavy atom. The van der Waals surface area contributed by atoms with Crippen molar-refractivity contribution in [2.24, 2.45) is 0 Å². The zero-order valence-electron chi connectivity index (χ0n) is 13.9. The molecule has 0 spiro atoms. The number of hydrogen-bond acceptors (Lipinski definition) is 5. The first-order chi connectivity index (χ1) is 9.46. The second-order valence-electron chi connectivity index (χ2n) is 5.47. The molecule has 0 aliphatic rings. The van der Waals surface area contributed by atoms with Crippen LogP contribution in [0.3, 0.4) is 0 Å². The van der Waals surface area contributed by atoms with Gasteiger partial charge in [-0.1, -0.05) is 20.8 Å². The van der Waals surface area contributed by atoms with Gasteiger partial charge in [0.05, 0.1) is 13.7 Å². The number of esters is 1. The summed E-state index contributed by atoms with van der Waals surface area (Å²) in [5.41, 5.74) is 0. The van der Waals surface area contributed by atoms with Gasteiger partial charge in [-0.2, -0.15) is 0 Å². The fraction of sp³-hybridized carbons (Fsp3) is 0.933. The van der Waals surface area contributed by atoms with Crippen molar-refractivity contribution < 1.29 is 14.3 Å². The summed E-state index contributed by atoms with van der Waals surface area (Å²) in [4.78, 5) is 14.1. The molecule has 0 fully saturated rings. The standard InChI is InChI=1S/C15H32N2O3/c1-7-13(4)17(10-11-19-5)9-8-14(15(18)20-6)16-12(2)3/h12-14,16H,7-11H2,1-6H3. The summed E-state index contributed by atoms with van der Waals surface area (Å²) in [7, 11) is 3.15. The van der Waals surface area contributed by atoms with Gasteiger partial charge in [-0.15, -0.1) is 0 Å². The highest BCUT2D eigenvalue weighted by Gasteiger charge is 2.22. The van der Waals surface area contributed by atoms with Gasteiger partial charge in [-0.05, 0) is 19.8 Å². The number of nitrogens with one attached hydrogen (secondary N) is 1. The van der Waals surface area contributed by atoms with Crippen LogP contribution in [0.2, 0.25) is 0 Å². The fourth-order valence-corrected chi connectivity index (χ4v) is 2.13. The highest BCUT2D eigenvalue weighted by Crippen LogP contribution is 2.07. The van der Waals surface area contributed by atoms with Gasteiger partial charge in [-0.3, -0.25) is 9.69 Å². The van der Waals surface area contributed by atoms with Gasteiger partial charge in [0.25, 0.3) is 0 Å². The molecule has 2 atom stereocenters. The first-order valence-electron chi connectivity index (χ1n) is 7.53. The van der Waals surface area contributed by atoms with E-state index >= 15 is 0 Å². The maximum atomic E-state index is 11.8. The zero-order chi connectivity index (χ0) is 15.5. The molecule has 0 radical (unpaired) electrons. The Morgan fingerprint density at radius 3 is 2.30 bits per heavy atom. The number of rotatable bonds is 11. The van der Waals surface area contributed by atoms with Gasteiger partial charge >= 0.3 is 5.97 Å². The minimum atomic E-state index is -0.242. The van der Waals surface area contributed by atoms with E-state index in [2.05, 4.69) is 24.1 Å². The lowest BCUT2D eigenvalue weighted by molar-refractivity contribution is -0.143. The molecule has 1 N–H and O–H groups in total. The summed E-state index contributed by atoms with van der Waals surface area (Å²) in [6, 6.07) is 0.506. The number of hydrogen-bond donors (Lipinski definition) is 1. The first-order valence-corrected chi connectivity index (χ1v) is 7.53. The van der Waals surface area contributed by atoms with Gasteiger partial charge < -0.3 is 14.8 Å². The number of carbonyl (C=O) groups is 1. The molecule has 0 aromatic carbocycles. The van der Waals surface area contributed by atoms with Crippen LogP contribution in [0, 0.1) is 0 Å². The van der Waals surface area contributed by atoms with Gasteiger partial charge in [-0.25, -0.2) is 0 Å². The van der Waals surface area contributed by atoms with E-state index in [0.29, 0.717) is 12.6 Å². The second-order valence-corrected chi connectivity index (χ2v) is 5.47. The molecule has 0 aromatic rings. The van der Waals surface area contributed by atoms with Crippen molar-refractivity contribution in [1.82, 2.24) is 10.2 Å². The summed E-state index contributed by atoms with van der Waals surface area (Å²) in [5, 5.41) is 3.27. The topological polar surface area (TPSA) is 50.8 Å². The van der Waals surface area contributed by atoms with Crippen molar-refractivity contribution in [3.63, 3.8) is 0 Å². The van der Waals surface area contributed by atoms with Crippen molar-refractivity contribution in [1.29, 1.82) is 0 Å². The molecule has 5 nitrogen and oxygen atoms in total. The molecule has 0 amide bonds. The van der Waals surface area contributed by atoms with Crippen LogP contribution in [0.25, 0.3) is 0 Å². The monoisotopic (exact) mass is 288 g/mol. The van der Waals surface area contributed by atoms with Gasteiger partial charge in [0.15, 0.2) is 0 Å². The SMILES string of the molecule is CCC(C)N(CCOC)CCC(NC(C)C)C(=O)OC. The van der Waals surface area contributed by atoms with Gasteiger partial charge in [0.2, 0.25) is 0 Å². The number of nitrogens with zero attached hydrogens (tertiary/aromatic N) is 1. The molecule has 0 aliphatic carbocycles. The van der Waals surface area contributed by atoms with E-state index < -0.39 is 0 Å². The molecule has 2 unspecified atom stereocenters. The van der Waals surface area contributed by atoms with E-state index in [9.17, 15) is 4.79 Å². The summed E-state index contributed by atoms with van der Waals surface area (Å²) in [6.45, 7) is 10.9. The third-order valence-corrected chi connectivity index (χ3v) is 3.52. The van der Waals surface area contributed by atoms with Crippen LogP contribution >= 0.6 is 0 Å². The van der Waals surface area contributed by atoms with E-state index in [4.69, 9.17) is 9.47 Å². The average Bonchev–Trinajstić information content (AvgIpc) is 2.43. The lowest BCUT2D eigenvalue weighted by Gasteiger charge is -2.30. The molecule has 0 heterocycles. The van der Waals surface area contributed by atoms with E-state index in [0.717, 1.165) is 25.9 Å². The summed E-state index contributed by atoms with van der Waals surface area (Å²) >= 11 is 0. The lowest BCUT2D eigenvalue weighted by Crippen LogP contribution is -2.45. The Balaban J connectivity index is 4.47. The molecular weight excluding hydrogens is 256 g/mol. The quantitative estimate of drug-likeness (QED) is 0.586. The molecule has 5 heteroatoms. The number of methoxy groups -OCH3 is 2. The minimum Gasteiger partial charge on any atom is -0.468 e. The zero-order valence-corrected chi connectivity index (χ0v) is 13.9. The van der Waals surface area contributed by atoms with Crippen LogP contribution in [0.4, 0.5) is 0 Å². The van der Waals surface area contributed by atoms with Crippen LogP contribution in [-0.4, -0.2) is 62.9 Å². The van der Waals surface area contributed by atoms with Crippen molar-refractivity contribution in [2.45, 2.75) is 58.7 Å². The predicted molar refractivity (Wildman–Crippen MR) is 81.9 cm³/mol. The van der Waals surface area contributed by atoms with Crippen LogP contribution in [0.5, 0.6) is 0 Å². The van der Waals surface area contributed by atoms with Crippen molar-refractivity contribution in [2.75, 3.05) is 33.9 Å². The van der Waals surface area contributed by atoms with Crippen molar-refractivity contribution in [3.05, 3.63) is 0 Å². The number of ether oxygens (including phenoxy) is 2. The third kappa shape index (κ3) is 7.82. The Morgan fingerprint density at radius 2 is 1.85 bits per heavy atom. The molecule has 0 aliphatic heterocycles. The van der Waals surface area contributed by atoms with E-state index in [-0.39, 0.29) is 18.1 Å². The third-order valence-electron chi connectivity index (χ3n) is 3.52. The van der Waals surface area contributed by atoms with Crippen LogP contribution < -0.4 is 5.32 Å². The minimum absolute atomic E-state index is 0.186. The molecular formula is C15H32N2O3. The lowest BCUT2D eigenvalue weighted by atomic mass is 10.1. The molecule has 0 bridgehead atoms. The van der Waals surface area contributed by atoms with Crippen LogP contribution in [0.1, 0.15) is 40.5 Å². The average molecular weight is 288 g/mol. The maximum absolute atomic E-state index is 11.8. The summed E-state index contributed by atoms with van der Waals surface area (Å²) in [6.07, 6.45) is 1.84. The number of carbonyl (C=O) groups excluding carboxylic acids is 1. The molecule has 0 aromatic heterocycles. The smallest absolute Gasteiger partial charge is 0.322 e. The van der Waals surface area contributed by atoms with Gasteiger partial charge in [0.1, 0.15) is 6.04 Å². The highest BCUT2D eigenvalue weighted by molar-refractivity contribution is 5.75. The van der Waals surface area contributed by atoms with E-state index in [1.54, 1.807) is 7.11 Å². The Kier molecular flexibility index (Phi) is 10.7. The van der Waals surface area contributed by atoms with Crippen molar-refractivity contribution in [3.8, 4) is 0 Å². The van der Waals surface area contributed by atoms with Crippen LogP contribution in [-0.2, 0) is 14.3 Å². The molecule has 0 saturated heterocycles. The molecule has 0 saturated carbocycles. The van der Waals surface area contributed by atoms with Crippen LogP contribution in [0.15, 0.2) is 0 Å². The van der Waals surface area contributed by atoms with E-state index in [1.165, 1.54) is 7.11 Å². The highest BCUT2D eigenvalue weighted by atomic mass is 16.5. The summed E-state index contributed by atoms with van der Waals surface area (Å²) < 4.78 is 10.0. The molecule has 120 valence electrons. The van der Waals surface area contributed by atoms with Gasteiger partial charge in [0, 0.05) is 32.3 Å². The Bertz CT molecular complexity index is 260. The second kappa shape index (κ2) is 11.1. The Hall–Kier alpha value is -0.650. The normalized spacial score (nSPS) is 14.6. The van der Waals surface area contributed by atoms with E-state index in [1.807, 2.05) is 13.8 Å². The maximum Gasteiger partial charge on any atom is 0.322 e. The van der Waals surface area contributed by atoms with Crippen molar-refractivity contribution >= 4 is 5.97 Å². The predicted octanol–water partition coefficient (Wildman–Crippen LogP) is 1.66. The first kappa shape index (κ1) is 19.4. The fourth-order valence-electron chi connectivity index (χ4n) is 2.13. The summed E-state index contributed by atoms with van der Waals surface area (Å²) in [5.74, 6) is -0.186. The largest absolute Gasteiger partial charge is 0.468 e. The molecule has 20 heavy (non-hydrogen) atoms.